The number of halogens is 1. The lowest BCUT2D eigenvalue weighted by Gasteiger charge is -2.32. The molecule has 2 aliphatic heterocycles. The van der Waals surface area contributed by atoms with Crippen molar-refractivity contribution in [3.05, 3.63) is 64.9 Å². The Morgan fingerprint density at radius 2 is 1.84 bits per heavy atom. The molecule has 1 radical (unpaired) electrons. The van der Waals surface area contributed by atoms with Crippen LogP contribution in [0.4, 0.5) is 0 Å². The third kappa shape index (κ3) is 3.13. The lowest BCUT2D eigenvalue weighted by atomic mass is 9.99. The molecule has 1 aromatic heterocycles. The minimum Gasteiger partial charge on any atom is -0.315 e. The maximum Gasteiger partial charge on any atom is 0.296 e. The lowest BCUT2D eigenvalue weighted by molar-refractivity contribution is -0.118. The van der Waals surface area contributed by atoms with Gasteiger partial charge in [-0.1, -0.05) is 23.7 Å². The Morgan fingerprint density at radius 3 is 2.52 bits per heavy atom. The summed E-state index contributed by atoms with van der Waals surface area (Å²) in [5.74, 6) is -0.209. The van der Waals surface area contributed by atoms with Crippen molar-refractivity contribution in [2.75, 3.05) is 13.1 Å². The van der Waals surface area contributed by atoms with Gasteiger partial charge >= 0.3 is 0 Å². The number of piperidine rings is 1. The molecule has 127 valence electrons. The van der Waals surface area contributed by atoms with Gasteiger partial charge in [-0.05, 0) is 49.2 Å². The first-order chi connectivity index (χ1) is 12.2. The van der Waals surface area contributed by atoms with E-state index in [1.807, 2.05) is 29.3 Å². The second-order valence-electron chi connectivity index (χ2n) is 6.22. The number of nitrogens with one attached hydrogen (secondary N) is 1. The van der Waals surface area contributed by atoms with E-state index < -0.39 is 0 Å². The first-order valence-corrected chi connectivity index (χ1v) is 8.78. The van der Waals surface area contributed by atoms with Crippen LogP contribution >= 0.6 is 11.6 Å². The summed E-state index contributed by atoms with van der Waals surface area (Å²) in [4.78, 5) is 16.9. The predicted octanol–water partition coefficient (Wildman–Crippen LogP) is 2.72. The number of nitrogens with zero attached hydrogens (tertiary/aromatic N) is 3. The lowest BCUT2D eigenvalue weighted by Crippen LogP contribution is -2.47. The van der Waals surface area contributed by atoms with E-state index >= 15 is 0 Å². The molecular formula is C19H18ClN4O. The van der Waals surface area contributed by atoms with Crippen LogP contribution in [0.5, 0.6) is 0 Å². The molecule has 25 heavy (non-hydrogen) atoms. The largest absolute Gasteiger partial charge is 0.315 e. The van der Waals surface area contributed by atoms with Crippen LogP contribution in [0.25, 0.3) is 11.3 Å². The van der Waals surface area contributed by atoms with Crippen LogP contribution < -0.4 is 10.7 Å². The Hall–Kier alpha value is -2.37. The molecule has 6 heteroatoms. The van der Waals surface area contributed by atoms with E-state index in [1.54, 1.807) is 24.5 Å². The van der Waals surface area contributed by atoms with E-state index in [-0.39, 0.29) is 11.9 Å². The van der Waals surface area contributed by atoms with E-state index in [9.17, 15) is 4.79 Å². The normalized spacial score (nSPS) is 20.8. The van der Waals surface area contributed by atoms with E-state index in [1.165, 1.54) is 0 Å². The molecule has 1 saturated heterocycles. The van der Waals surface area contributed by atoms with Crippen LogP contribution in [0, 0.1) is 0 Å². The monoisotopic (exact) mass is 353 g/mol. The number of hydrogen-bond acceptors (Lipinski definition) is 4. The average Bonchev–Trinajstić information content (AvgIpc) is 3.01. The van der Waals surface area contributed by atoms with Gasteiger partial charge in [0.1, 0.15) is 0 Å². The number of carbonyl (C=O) groups excluding carboxylic acids is 1. The van der Waals surface area contributed by atoms with Crippen molar-refractivity contribution in [2.24, 2.45) is 0 Å². The zero-order chi connectivity index (χ0) is 17.2. The Balaban J connectivity index is 1.84. The summed E-state index contributed by atoms with van der Waals surface area (Å²) in [6.45, 7) is 1.83. The first-order valence-electron chi connectivity index (χ1n) is 8.40. The second kappa shape index (κ2) is 6.86. The fourth-order valence-corrected chi connectivity index (χ4v) is 3.51. The van der Waals surface area contributed by atoms with Gasteiger partial charge in [0.05, 0.1) is 17.3 Å². The van der Waals surface area contributed by atoms with Gasteiger partial charge in [0.15, 0.2) is 0 Å². The highest BCUT2D eigenvalue weighted by atomic mass is 35.5. The Bertz CT molecular complexity index is 798. The third-order valence-corrected chi connectivity index (χ3v) is 4.83. The number of carbonyl (C=O) groups is 1. The highest BCUT2D eigenvalue weighted by molar-refractivity contribution is 6.31. The molecule has 1 fully saturated rings. The van der Waals surface area contributed by atoms with Gasteiger partial charge in [-0.25, -0.2) is 0 Å². The van der Waals surface area contributed by atoms with Crippen molar-refractivity contribution in [3.8, 4) is 0 Å². The zero-order valence-corrected chi connectivity index (χ0v) is 14.4. The topological polar surface area (TPSA) is 59.3 Å². The molecule has 4 rings (SSSR count). The molecule has 0 saturated carbocycles. The molecule has 2 aliphatic rings. The molecule has 3 heterocycles. The summed E-state index contributed by atoms with van der Waals surface area (Å²) < 4.78 is 0. The molecule has 1 N–H and O–H groups in total. The quantitative estimate of drug-likeness (QED) is 0.921. The number of amides is 1. The van der Waals surface area contributed by atoms with E-state index in [4.69, 9.17) is 11.6 Å². The van der Waals surface area contributed by atoms with Crippen LogP contribution in [0.3, 0.4) is 0 Å². The number of rotatable bonds is 3. The summed E-state index contributed by atoms with van der Waals surface area (Å²) >= 11 is 6.01. The van der Waals surface area contributed by atoms with Crippen LogP contribution in [-0.2, 0) is 4.79 Å². The van der Waals surface area contributed by atoms with Crippen LogP contribution in [0.15, 0.2) is 48.8 Å². The Kier molecular flexibility index (Phi) is 4.42. The first kappa shape index (κ1) is 16.1. The summed E-state index contributed by atoms with van der Waals surface area (Å²) in [5.41, 5.74) is 7.62. The van der Waals surface area contributed by atoms with Crippen LogP contribution in [0.2, 0.25) is 5.02 Å². The van der Waals surface area contributed by atoms with E-state index in [0.717, 1.165) is 42.8 Å². The summed E-state index contributed by atoms with van der Waals surface area (Å²) in [5, 5.41) is 5.94. The number of pyridine rings is 1. The van der Waals surface area contributed by atoms with Gasteiger partial charge in [-0.15, -0.1) is 5.43 Å². The minimum atomic E-state index is -0.209. The number of aromatic nitrogens is 1. The molecule has 1 atom stereocenters. The Morgan fingerprint density at radius 1 is 1.08 bits per heavy atom. The van der Waals surface area contributed by atoms with Crippen molar-refractivity contribution in [3.63, 3.8) is 0 Å². The minimum absolute atomic E-state index is 0.172. The van der Waals surface area contributed by atoms with Gasteiger partial charge in [-0.3, -0.25) is 14.8 Å². The van der Waals surface area contributed by atoms with Crippen molar-refractivity contribution in [2.45, 2.75) is 18.9 Å². The molecule has 1 amide bonds. The number of benzene rings is 1. The van der Waals surface area contributed by atoms with E-state index in [0.29, 0.717) is 10.6 Å². The highest BCUT2D eigenvalue weighted by Crippen LogP contribution is 2.36. The van der Waals surface area contributed by atoms with Crippen molar-refractivity contribution in [1.82, 2.24) is 20.7 Å². The molecule has 0 aliphatic carbocycles. The van der Waals surface area contributed by atoms with Gasteiger partial charge in [0.25, 0.3) is 5.91 Å². The van der Waals surface area contributed by atoms with Gasteiger partial charge in [0.2, 0.25) is 0 Å². The maximum atomic E-state index is 12.8. The predicted molar refractivity (Wildman–Crippen MR) is 97.4 cm³/mol. The Labute approximate surface area is 151 Å². The summed E-state index contributed by atoms with van der Waals surface area (Å²) in [7, 11) is 0. The van der Waals surface area contributed by atoms with E-state index in [2.05, 4.69) is 15.7 Å². The highest BCUT2D eigenvalue weighted by Gasteiger charge is 2.37. The zero-order valence-electron chi connectivity index (χ0n) is 13.7. The molecule has 1 aromatic carbocycles. The fourth-order valence-electron chi connectivity index (χ4n) is 3.38. The molecule has 5 nitrogen and oxygen atoms in total. The molecule has 1 unspecified atom stereocenters. The van der Waals surface area contributed by atoms with Gasteiger partial charge in [0, 0.05) is 29.5 Å². The van der Waals surface area contributed by atoms with Crippen molar-refractivity contribution < 1.29 is 4.79 Å². The maximum absolute atomic E-state index is 12.8. The SMILES string of the molecule is O=C1[N]N(C2CCCNC2)C(c2ccncc2)=C1c1ccc(Cl)cc1. The number of hydrogen-bond donors (Lipinski definition) is 1. The van der Waals surface area contributed by atoms with Crippen LogP contribution in [-0.4, -0.2) is 35.0 Å². The summed E-state index contributed by atoms with van der Waals surface area (Å²) in [6, 6.07) is 11.3. The van der Waals surface area contributed by atoms with Crippen molar-refractivity contribution in [1.29, 1.82) is 0 Å². The summed E-state index contributed by atoms with van der Waals surface area (Å²) in [6.07, 6.45) is 5.56. The standard InChI is InChI=1S/C19H18ClN4O/c20-15-5-3-13(4-6-15)17-18(14-7-10-21-11-8-14)24(23-19(17)25)16-2-1-9-22-12-16/h3-8,10-11,16,22H,1-2,9,12H2. The second-order valence-corrected chi connectivity index (χ2v) is 6.65. The third-order valence-electron chi connectivity index (χ3n) is 4.58. The average molecular weight is 354 g/mol. The smallest absolute Gasteiger partial charge is 0.296 e. The molecule has 0 spiro atoms. The molecule has 0 bridgehead atoms. The molecule has 2 aromatic rings. The fraction of sp³-hybridized carbons (Fsp3) is 0.263. The molecular weight excluding hydrogens is 336 g/mol. The van der Waals surface area contributed by atoms with Gasteiger partial charge in [-0.2, -0.15) is 0 Å². The van der Waals surface area contributed by atoms with Crippen molar-refractivity contribution >= 4 is 28.8 Å². The van der Waals surface area contributed by atoms with Gasteiger partial charge < -0.3 is 5.32 Å². The van der Waals surface area contributed by atoms with Crippen LogP contribution in [0.1, 0.15) is 24.0 Å².